The van der Waals surface area contributed by atoms with Crippen molar-refractivity contribution in [2.24, 2.45) is 0 Å². The maximum atomic E-state index is 11.4. The van der Waals surface area contributed by atoms with Crippen molar-refractivity contribution < 1.29 is 29.7 Å². The van der Waals surface area contributed by atoms with Gasteiger partial charge in [-0.3, -0.25) is 24.0 Å². The number of aromatic nitrogens is 12. The van der Waals surface area contributed by atoms with Crippen LogP contribution in [0.25, 0.3) is 43.9 Å². The summed E-state index contributed by atoms with van der Waals surface area (Å²) in [5, 5.41) is 51.1. The molecule has 0 aliphatic rings. The molecule has 0 spiro atoms. The number of hydrogen-bond donors (Lipinski definition) is 3. The number of nitrogens with zero attached hydrogens (tertiary/aromatic N) is 12. The minimum atomic E-state index is -1.13. The summed E-state index contributed by atoms with van der Waals surface area (Å²) in [6, 6.07) is 34.4. The van der Waals surface area contributed by atoms with Gasteiger partial charge in [0.15, 0.2) is 22.7 Å². The Balaban J connectivity index is 0.000000133. The summed E-state index contributed by atoms with van der Waals surface area (Å²) in [7, 11) is 0. The van der Waals surface area contributed by atoms with Gasteiger partial charge in [0.1, 0.15) is 11.8 Å². The average molecular weight is 1270 g/mol. The number of para-hydroxylation sites is 1. The molecular weight excluding hydrogens is 1230 g/mol. The fourth-order valence-corrected chi connectivity index (χ4v) is 10.8. The second kappa shape index (κ2) is 26.1. The van der Waals surface area contributed by atoms with Crippen molar-refractivity contribution in [2.45, 2.75) is 40.0 Å². The molecular formula is C57H40Cl8N12O6. The van der Waals surface area contributed by atoms with Crippen LogP contribution in [0.3, 0.4) is 0 Å². The molecule has 0 saturated heterocycles. The van der Waals surface area contributed by atoms with Gasteiger partial charge >= 0.3 is 17.9 Å². The van der Waals surface area contributed by atoms with E-state index < -0.39 is 17.9 Å². The Kier molecular flexibility index (Phi) is 18.8. The lowest BCUT2D eigenvalue weighted by molar-refractivity contribution is 0.0680. The molecule has 0 unspecified atom stereocenters. The van der Waals surface area contributed by atoms with E-state index in [9.17, 15) is 29.7 Å². The first-order valence-electron chi connectivity index (χ1n) is 24.4. The number of rotatable bonds is 11. The number of carboxylic acids is 3. The molecule has 18 nitrogen and oxygen atoms in total. The minimum absolute atomic E-state index is 0.0180. The zero-order valence-electron chi connectivity index (χ0n) is 43.1. The molecule has 0 atom stereocenters. The Morgan fingerprint density at radius 2 is 0.843 bits per heavy atom. The van der Waals surface area contributed by atoms with Crippen molar-refractivity contribution in [1.82, 2.24) is 59.1 Å². The Morgan fingerprint density at radius 1 is 0.410 bits per heavy atom. The first-order valence-corrected chi connectivity index (χ1v) is 27.5. The molecule has 83 heavy (non-hydrogen) atoms. The van der Waals surface area contributed by atoms with Crippen molar-refractivity contribution in [3.8, 4) is 0 Å². The van der Waals surface area contributed by atoms with Crippen LogP contribution in [-0.4, -0.2) is 92.3 Å². The predicted octanol–water partition coefficient (Wildman–Crippen LogP) is 14.9. The van der Waals surface area contributed by atoms with Gasteiger partial charge in [0, 0.05) is 85.6 Å². The first kappa shape index (κ1) is 59.7. The molecule has 0 radical (unpaired) electrons. The van der Waals surface area contributed by atoms with Crippen LogP contribution in [0.1, 0.15) is 65.1 Å². The van der Waals surface area contributed by atoms with E-state index >= 15 is 0 Å². The molecule has 12 rings (SSSR count). The fourth-order valence-electron chi connectivity index (χ4n) is 8.73. The van der Waals surface area contributed by atoms with Crippen molar-refractivity contribution in [3.05, 3.63) is 231 Å². The number of pyridine rings is 2. The van der Waals surface area contributed by atoms with Gasteiger partial charge in [-0.05, 0) is 86.6 Å². The summed E-state index contributed by atoms with van der Waals surface area (Å²) in [6.45, 7) is 5.06. The number of fused-ring (bicyclic) bond motifs is 4. The summed E-state index contributed by atoms with van der Waals surface area (Å²) in [5.41, 5.74) is 7.40. The van der Waals surface area contributed by atoms with Crippen LogP contribution in [-0.2, 0) is 26.2 Å². The maximum Gasteiger partial charge on any atom is 0.358 e. The summed E-state index contributed by atoms with van der Waals surface area (Å²) in [4.78, 5) is 50.2. The van der Waals surface area contributed by atoms with Crippen LogP contribution >= 0.6 is 92.8 Å². The van der Waals surface area contributed by atoms with Crippen molar-refractivity contribution >= 4 is 155 Å². The van der Waals surface area contributed by atoms with Gasteiger partial charge in [-0.15, -0.1) is 0 Å². The summed E-state index contributed by atoms with van der Waals surface area (Å²) >= 11 is 49.3. The Labute approximate surface area is 510 Å². The molecule has 12 aromatic rings. The summed E-state index contributed by atoms with van der Waals surface area (Å²) in [6.07, 6.45) is 6.00. The molecule has 7 heterocycles. The molecule has 7 aromatic heterocycles. The molecule has 0 bridgehead atoms. The molecule has 26 heteroatoms. The molecule has 0 aliphatic carbocycles. The number of carboxylic acid groups (broad SMARTS) is 3. The van der Waals surface area contributed by atoms with E-state index in [1.165, 1.54) is 23.4 Å². The number of aromatic carboxylic acids is 3. The molecule has 3 N–H and O–H groups in total. The van der Waals surface area contributed by atoms with E-state index in [0.717, 1.165) is 22.2 Å². The number of aryl methyl sites for hydroxylation is 2. The third-order valence-corrected chi connectivity index (χ3v) is 15.5. The molecule has 0 aliphatic heterocycles. The Morgan fingerprint density at radius 3 is 1.35 bits per heavy atom. The highest BCUT2D eigenvalue weighted by Crippen LogP contribution is 2.32. The SMILES string of the molecule is Cc1ncnc2c1c(C(=O)O)nn2Cc1c(Cl)cccc1Cl.Cc1nn(Cc2c(Cl)cccc2Cl)c2ccccc12.O=C(O)c1nn(Cc2c(Cl)cccc2Cl)c2cccnc12.O=C(O)c1nn(Cc2c(Cl)cccc2Cl)c2cnccc12. The molecule has 0 amide bonds. The van der Waals surface area contributed by atoms with E-state index in [0.29, 0.717) is 102 Å². The minimum Gasteiger partial charge on any atom is -0.476 e. The zero-order chi connectivity index (χ0) is 59.2. The molecule has 5 aromatic carbocycles. The zero-order valence-corrected chi connectivity index (χ0v) is 49.1. The second-order valence-electron chi connectivity index (χ2n) is 17.9. The van der Waals surface area contributed by atoms with Crippen LogP contribution in [0.2, 0.25) is 40.2 Å². The van der Waals surface area contributed by atoms with E-state index in [1.807, 2.05) is 41.9 Å². The van der Waals surface area contributed by atoms with E-state index in [1.54, 1.807) is 95.3 Å². The lowest BCUT2D eigenvalue weighted by Gasteiger charge is -2.08. The summed E-state index contributed by atoms with van der Waals surface area (Å²) in [5.74, 6) is -3.34. The van der Waals surface area contributed by atoms with Crippen molar-refractivity contribution in [3.63, 3.8) is 0 Å². The Bertz CT molecular complexity index is 4230. The van der Waals surface area contributed by atoms with Gasteiger partial charge in [-0.2, -0.15) is 20.4 Å². The number of halogens is 8. The van der Waals surface area contributed by atoms with Crippen LogP contribution in [0.15, 0.2) is 140 Å². The first-order chi connectivity index (χ1) is 39.8. The van der Waals surface area contributed by atoms with Gasteiger partial charge in [-0.25, -0.2) is 29.0 Å². The average Bonchev–Trinajstić information content (AvgIpc) is 4.24. The predicted molar refractivity (Wildman–Crippen MR) is 323 cm³/mol. The molecule has 0 fully saturated rings. The topological polar surface area (TPSA) is 235 Å². The van der Waals surface area contributed by atoms with Gasteiger partial charge in [-0.1, -0.05) is 135 Å². The van der Waals surface area contributed by atoms with E-state index in [4.69, 9.17) is 92.8 Å². The number of benzene rings is 5. The second-order valence-corrected chi connectivity index (χ2v) is 21.2. The highest BCUT2D eigenvalue weighted by atomic mass is 35.5. The highest BCUT2D eigenvalue weighted by molar-refractivity contribution is 6.37. The van der Waals surface area contributed by atoms with Gasteiger partial charge in [0.2, 0.25) is 0 Å². The van der Waals surface area contributed by atoms with Gasteiger partial charge in [0.25, 0.3) is 0 Å². The van der Waals surface area contributed by atoms with Crippen LogP contribution in [0.5, 0.6) is 0 Å². The fraction of sp³-hybridized carbons (Fsp3) is 0.105. The van der Waals surface area contributed by atoms with Crippen LogP contribution < -0.4 is 0 Å². The van der Waals surface area contributed by atoms with E-state index in [-0.39, 0.29) is 36.7 Å². The normalized spacial score (nSPS) is 11.0. The quantitative estimate of drug-likeness (QED) is 0.109. The van der Waals surface area contributed by atoms with Crippen LogP contribution in [0.4, 0.5) is 0 Å². The monoisotopic (exact) mass is 1270 g/mol. The standard InChI is InChI=1S/C15H12Cl2N2.C14H10Cl2N4O2.2C14H9Cl2N3O2/c1-10-11-5-2-3-8-15(11)19(18-10)9-12-13(16)6-4-7-14(12)17;1-7-11-12(14(21)22)19-20(13(11)18-6-17-7)5-8-9(15)3-2-4-10(8)16;15-9-3-1-4-10(16)8(9)7-19-11-5-2-6-17-12(11)13(18-19)14(20)21;15-10-2-1-3-11(16)9(10)7-19-12-6-17-5-4-8(12)13(18-19)14(20)21/h2-8H,9H2,1H3;2-4,6H,5H2,1H3,(H,21,22);2*1-6H,7H2,(H,20,21). The molecule has 420 valence electrons. The maximum absolute atomic E-state index is 11.4. The Hall–Kier alpha value is -7.91. The number of hydrogen-bond acceptors (Lipinski definition) is 11. The van der Waals surface area contributed by atoms with Gasteiger partial charge < -0.3 is 15.3 Å². The third kappa shape index (κ3) is 13.2. The van der Waals surface area contributed by atoms with Crippen LogP contribution in [0, 0.1) is 13.8 Å². The van der Waals surface area contributed by atoms with Gasteiger partial charge in [0.05, 0.1) is 65.7 Å². The number of carbonyl (C=O) groups is 3. The third-order valence-electron chi connectivity index (χ3n) is 12.7. The molecule has 0 saturated carbocycles. The lowest BCUT2D eigenvalue weighted by Crippen LogP contribution is -2.06. The smallest absolute Gasteiger partial charge is 0.358 e. The van der Waals surface area contributed by atoms with Crippen molar-refractivity contribution in [2.75, 3.05) is 0 Å². The highest BCUT2D eigenvalue weighted by Gasteiger charge is 2.23. The largest absolute Gasteiger partial charge is 0.476 e. The lowest BCUT2D eigenvalue weighted by atomic mass is 10.2. The van der Waals surface area contributed by atoms with Crippen molar-refractivity contribution in [1.29, 1.82) is 0 Å². The van der Waals surface area contributed by atoms with E-state index in [2.05, 4.69) is 52.5 Å². The summed E-state index contributed by atoms with van der Waals surface area (Å²) < 4.78 is 6.50.